The molecule has 6 heteroatoms. The highest BCUT2D eigenvalue weighted by atomic mass is 16.5. The third-order valence-corrected chi connectivity index (χ3v) is 5.41. The zero-order valence-corrected chi connectivity index (χ0v) is 14.3. The summed E-state index contributed by atoms with van der Waals surface area (Å²) in [6, 6.07) is 1.56. The molecule has 1 aliphatic carbocycles. The lowest BCUT2D eigenvalue weighted by Crippen LogP contribution is -2.49. The van der Waals surface area contributed by atoms with E-state index in [0.29, 0.717) is 17.7 Å². The molecule has 0 N–H and O–H groups in total. The number of carbonyl (C=O) groups is 2. The first-order chi connectivity index (χ1) is 11.6. The molecular weight excluding hydrogens is 308 g/mol. The minimum Gasteiger partial charge on any atom is -0.465 e. The fraction of sp³-hybridized carbons (Fsp3) is 0.611. The van der Waals surface area contributed by atoms with Crippen LogP contribution in [0.2, 0.25) is 0 Å². The number of hydrogen-bond acceptors (Lipinski definition) is 5. The number of hydrogen-bond donors (Lipinski definition) is 0. The van der Waals surface area contributed by atoms with Crippen LogP contribution in [0.15, 0.2) is 18.5 Å². The van der Waals surface area contributed by atoms with E-state index < -0.39 is 5.97 Å². The highest BCUT2D eigenvalue weighted by Crippen LogP contribution is 2.46. The predicted octanol–water partition coefficient (Wildman–Crippen LogP) is 2.29. The maximum absolute atomic E-state index is 12.9. The molecule has 1 aromatic rings. The summed E-state index contributed by atoms with van der Waals surface area (Å²) in [5.41, 5.74) is 0.809. The Bertz CT molecular complexity index is 633. The highest BCUT2D eigenvalue weighted by Gasteiger charge is 2.46. The Labute approximate surface area is 142 Å². The van der Waals surface area contributed by atoms with Crippen LogP contribution < -0.4 is 0 Å². The predicted molar refractivity (Wildman–Crippen MR) is 87.8 cm³/mol. The van der Waals surface area contributed by atoms with Crippen molar-refractivity contribution in [2.75, 3.05) is 27.3 Å². The average Bonchev–Trinajstić information content (AvgIpc) is 3.02. The molecule has 1 saturated carbocycles. The van der Waals surface area contributed by atoms with Crippen molar-refractivity contribution >= 4 is 11.9 Å². The number of piperidine rings is 1. The van der Waals surface area contributed by atoms with Crippen LogP contribution in [0.1, 0.15) is 52.8 Å². The van der Waals surface area contributed by atoms with Gasteiger partial charge in [-0.25, -0.2) is 4.79 Å². The molecule has 1 spiro atoms. The van der Waals surface area contributed by atoms with Crippen molar-refractivity contribution in [3.8, 4) is 0 Å². The first kappa shape index (κ1) is 16.9. The Morgan fingerprint density at radius 1 is 1.21 bits per heavy atom. The summed E-state index contributed by atoms with van der Waals surface area (Å²) in [7, 11) is 3.08. The van der Waals surface area contributed by atoms with Crippen LogP contribution >= 0.6 is 0 Å². The molecule has 0 aromatic carbocycles. The Balaban J connectivity index is 1.79. The quantitative estimate of drug-likeness (QED) is 0.794. The lowest BCUT2D eigenvalue weighted by molar-refractivity contribution is -0.0295. The molecule has 2 atom stereocenters. The first-order valence-corrected chi connectivity index (χ1v) is 8.45. The van der Waals surface area contributed by atoms with Crippen molar-refractivity contribution in [3.63, 3.8) is 0 Å². The third-order valence-electron chi connectivity index (χ3n) is 5.41. The van der Waals surface area contributed by atoms with Crippen molar-refractivity contribution in [1.29, 1.82) is 0 Å². The molecule has 0 bridgehead atoms. The second-order valence-electron chi connectivity index (χ2n) is 6.76. The van der Waals surface area contributed by atoms with E-state index in [1.807, 2.05) is 4.90 Å². The molecule has 1 aliphatic heterocycles. The van der Waals surface area contributed by atoms with Crippen molar-refractivity contribution in [2.24, 2.45) is 5.41 Å². The molecule has 130 valence electrons. The van der Waals surface area contributed by atoms with Crippen molar-refractivity contribution in [1.82, 2.24) is 9.88 Å². The number of aromatic nitrogens is 1. The number of pyridine rings is 1. The van der Waals surface area contributed by atoms with Gasteiger partial charge in [0.05, 0.1) is 24.3 Å². The molecule has 0 radical (unpaired) electrons. The van der Waals surface area contributed by atoms with E-state index in [9.17, 15) is 9.59 Å². The lowest BCUT2D eigenvalue weighted by Gasteiger charge is -2.43. The summed E-state index contributed by atoms with van der Waals surface area (Å²) in [6.07, 6.45) is 8.57. The number of rotatable bonds is 3. The summed E-state index contributed by atoms with van der Waals surface area (Å²) in [4.78, 5) is 30.4. The van der Waals surface area contributed by atoms with Crippen molar-refractivity contribution in [3.05, 3.63) is 29.6 Å². The van der Waals surface area contributed by atoms with E-state index >= 15 is 0 Å². The van der Waals surface area contributed by atoms with E-state index in [0.717, 1.165) is 38.6 Å². The number of esters is 1. The molecule has 24 heavy (non-hydrogen) atoms. The van der Waals surface area contributed by atoms with Gasteiger partial charge in [-0.05, 0) is 31.7 Å². The van der Waals surface area contributed by atoms with Gasteiger partial charge in [-0.2, -0.15) is 0 Å². The Kier molecular flexibility index (Phi) is 4.85. The number of amides is 1. The Morgan fingerprint density at radius 3 is 2.71 bits per heavy atom. The van der Waals surface area contributed by atoms with E-state index in [-0.39, 0.29) is 17.4 Å². The van der Waals surface area contributed by atoms with Gasteiger partial charge in [-0.15, -0.1) is 0 Å². The van der Waals surface area contributed by atoms with Gasteiger partial charge in [0.25, 0.3) is 5.91 Å². The van der Waals surface area contributed by atoms with E-state index in [1.165, 1.54) is 19.5 Å². The van der Waals surface area contributed by atoms with Crippen LogP contribution in [0.5, 0.6) is 0 Å². The number of likely N-dealkylation sites (tertiary alicyclic amines) is 1. The largest absolute Gasteiger partial charge is 0.465 e. The normalized spacial score (nSPS) is 26.6. The van der Waals surface area contributed by atoms with Gasteiger partial charge in [-0.1, -0.05) is 6.42 Å². The van der Waals surface area contributed by atoms with Crippen molar-refractivity contribution < 1.29 is 19.1 Å². The molecular formula is C18H24N2O4. The zero-order valence-electron chi connectivity index (χ0n) is 14.3. The minimum atomic E-state index is -0.484. The monoisotopic (exact) mass is 332 g/mol. The van der Waals surface area contributed by atoms with Crippen LogP contribution in [-0.2, 0) is 9.47 Å². The van der Waals surface area contributed by atoms with E-state index in [4.69, 9.17) is 9.47 Å². The van der Waals surface area contributed by atoms with Crippen LogP contribution in [0, 0.1) is 5.41 Å². The molecule has 0 unspecified atom stereocenters. The van der Waals surface area contributed by atoms with Gasteiger partial charge >= 0.3 is 5.97 Å². The van der Waals surface area contributed by atoms with E-state index in [1.54, 1.807) is 13.2 Å². The zero-order chi connectivity index (χ0) is 17.2. The number of ether oxygens (including phenoxy) is 2. The topological polar surface area (TPSA) is 68.7 Å². The summed E-state index contributed by atoms with van der Waals surface area (Å²) < 4.78 is 10.4. The fourth-order valence-corrected chi connectivity index (χ4v) is 4.24. The van der Waals surface area contributed by atoms with Crippen LogP contribution in [0.25, 0.3) is 0 Å². The summed E-state index contributed by atoms with van der Waals surface area (Å²) in [5, 5.41) is 0. The molecule has 1 saturated heterocycles. The summed E-state index contributed by atoms with van der Waals surface area (Å²) in [5.74, 6) is -0.559. The second-order valence-corrected chi connectivity index (χ2v) is 6.76. The molecule has 6 nitrogen and oxygen atoms in total. The Hall–Kier alpha value is -1.95. The van der Waals surface area contributed by atoms with Gasteiger partial charge in [0, 0.05) is 38.0 Å². The van der Waals surface area contributed by atoms with Crippen LogP contribution in [-0.4, -0.2) is 55.2 Å². The fourth-order valence-electron chi connectivity index (χ4n) is 4.24. The smallest absolute Gasteiger partial charge is 0.339 e. The second kappa shape index (κ2) is 6.89. The standard InChI is InChI=1S/C18H24N2O4/c1-23-15-5-3-6-18(15)7-4-8-20(12-18)16(21)13-9-14(11-19-10-13)17(22)24-2/h9-11,15H,3-8,12H2,1-2H3/t15-,18-/m1/s1. The van der Waals surface area contributed by atoms with Gasteiger partial charge in [0.2, 0.25) is 0 Å². The van der Waals surface area contributed by atoms with Gasteiger partial charge in [0.1, 0.15) is 0 Å². The number of methoxy groups -OCH3 is 2. The SMILES string of the molecule is COC(=O)c1cncc(C(=O)N2CCC[C@]3(CCC[C@H]3OC)C2)c1. The van der Waals surface area contributed by atoms with E-state index in [2.05, 4.69) is 4.98 Å². The van der Waals surface area contributed by atoms with Crippen molar-refractivity contribution in [2.45, 2.75) is 38.2 Å². The molecule has 1 aromatic heterocycles. The Morgan fingerprint density at radius 2 is 1.96 bits per heavy atom. The maximum Gasteiger partial charge on any atom is 0.339 e. The lowest BCUT2D eigenvalue weighted by atomic mass is 9.76. The minimum absolute atomic E-state index is 0.0749. The molecule has 2 heterocycles. The summed E-state index contributed by atoms with van der Waals surface area (Å²) >= 11 is 0. The van der Waals surface area contributed by atoms with Gasteiger partial charge in [0.15, 0.2) is 0 Å². The average molecular weight is 332 g/mol. The van der Waals surface area contributed by atoms with Crippen LogP contribution in [0.4, 0.5) is 0 Å². The molecule has 2 aliphatic rings. The number of nitrogens with zero attached hydrogens (tertiary/aromatic N) is 2. The molecule has 2 fully saturated rings. The van der Waals surface area contributed by atoms with Gasteiger partial charge in [-0.3, -0.25) is 9.78 Å². The maximum atomic E-state index is 12.9. The highest BCUT2D eigenvalue weighted by molar-refractivity contribution is 5.97. The number of carbonyl (C=O) groups excluding carboxylic acids is 2. The molecule has 3 rings (SSSR count). The van der Waals surface area contributed by atoms with Gasteiger partial charge < -0.3 is 14.4 Å². The first-order valence-electron chi connectivity index (χ1n) is 8.45. The van der Waals surface area contributed by atoms with Crippen LogP contribution in [0.3, 0.4) is 0 Å². The third kappa shape index (κ3) is 3.02. The summed E-state index contributed by atoms with van der Waals surface area (Å²) in [6.45, 7) is 1.45. The molecule has 1 amide bonds.